The highest BCUT2D eigenvalue weighted by Crippen LogP contribution is 2.37. The van der Waals surface area contributed by atoms with Crippen LogP contribution in [0.4, 0.5) is 0 Å². The summed E-state index contributed by atoms with van der Waals surface area (Å²) in [5.74, 6) is -1.03. The van der Waals surface area contributed by atoms with E-state index < -0.39 is 47.4 Å². The number of rotatable bonds is 4. The summed E-state index contributed by atoms with van der Waals surface area (Å²) in [7, 11) is 0. The fraction of sp³-hybridized carbons (Fsp3) is 0.833. The van der Waals surface area contributed by atoms with Gasteiger partial charge in [-0.25, -0.2) is 0 Å². The highest BCUT2D eigenvalue weighted by molar-refractivity contribution is 5.76. The monoisotopic (exact) mass is 371 g/mol. The van der Waals surface area contributed by atoms with E-state index in [-0.39, 0.29) is 18.5 Å². The van der Waals surface area contributed by atoms with Gasteiger partial charge in [0.15, 0.2) is 12.4 Å². The van der Waals surface area contributed by atoms with Gasteiger partial charge < -0.3 is 24.3 Å². The first-order valence-electron chi connectivity index (χ1n) is 8.77. The molecule has 2 heterocycles. The molecule has 2 saturated heterocycles. The smallest absolute Gasteiger partial charge is 0.311 e. The average molecular weight is 371 g/mol. The van der Waals surface area contributed by atoms with Gasteiger partial charge >= 0.3 is 11.9 Å². The second-order valence-electron chi connectivity index (χ2n) is 8.84. The number of amides is 1. The van der Waals surface area contributed by atoms with Gasteiger partial charge in [0.25, 0.3) is 0 Å². The molecular weight excluding hydrogens is 342 g/mol. The quantitative estimate of drug-likeness (QED) is 0.740. The van der Waals surface area contributed by atoms with E-state index in [2.05, 4.69) is 5.32 Å². The van der Waals surface area contributed by atoms with Crippen LogP contribution in [0.15, 0.2) is 0 Å². The molecular formula is C18H29NO7. The van der Waals surface area contributed by atoms with Gasteiger partial charge in [-0.3, -0.25) is 14.4 Å². The van der Waals surface area contributed by atoms with Crippen LogP contribution in [0.2, 0.25) is 0 Å². The Balaban J connectivity index is 2.08. The maximum absolute atomic E-state index is 12.3. The molecule has 5 atom stereocenters. The fourth-order valence-corrected chi connectivity index (χ4v) is 2.68. The van der Waals surface area contributed by atoms with Gasteiger partial charge in [0.05, 0.1) is 10.8 Å². The summed E-state index contributed by atoms with van der Waals surface area (Å²) in [5.41, 5.74) is -1.33. The Kier molecular flexibility index (Phi) is 5.68. The maximum atomic E-state index is 12.3. The number of carbonyl (C=O) groups excluding carboxylic acids is 3. The zero-order chi connectivity index (χ0) is 19.9. The molecule has 26 heavy (non-hydrogen) atoms. The normalized spacial score (nSPS) is 30.8. The third-order valence-corrected chi connectivity index (χ3v) is 4.15. The molecule has 8 heteroatoms. The zero-order valence-electron chi connectivity index (χ0n) is 16.5. The summed E-state index contributed by atoms with van der Waals surface area (Å²) in [6, 6.07) is -0.599. The third-order valence-electron chi connectivity index (χ3n) is 4.15. The predicted octanol–water partition coefficient (Wildman–Crippen LogP) is 1.16. The SMILES string of the molecule is CC(=O)N[C@H]1[C@@H]2O[C@H]([C@@H]1OC(=O)C(C)(C)C)[C@@H](COC(=O)C(C)(C)C)O2. The van der Waals surface area contributed by atoms with E-state index in [1.807, 2.05) is 0 Å². The molecule has 8 nitrogen and oxygen atoms in total. The van der Waals surface area contributed by atoms with Crippen LogP contribution >= 0.6 is 0 Å². The highest BCUT2D eigenvalue weighted by atomic mass is 16.8. The van der Waals surface area contributed by atoms with Crippen LogP contribution < -0.4 is 5.32 Å². The van der Waals surface area contributed by atoms with Crippen molar-refractivity contribution in [3.8, 4) is 0 Å². The van der Waals surface area contributed by atoms with Crippen molar-refractivity contribution in [1.29, 1.82) is 0 Å². The van der Waals surface area contributed by atoms with Gasteiger partial charge in [0, 0.05) is 6.92 Å². The highest BCUT2D eigenvalue weighted by Gasteiger charge is 2.58. The number of fused-ring (bicyclic) bond motifs is 2. The van der Waals surface area contributed by atoms with E-state index in [0.29, 0.717) is 0 Å². The van der Waals surface area contributed by atoms with Crippen molar-refractivity contribution in [3.05, 3.63) is 0 Å². The minimum absolute atomic E-state index is 0.00632. The van der Waals surface area contributed by atoms with Crippen LogP contribution in [-0.4, -0.2) is 55.1 Å². The number of carbonyl (C=O) groups is 3. The molecule has 0 saturated carbocycles. The van der Waals surface area contributed by atoms with Crippen molar-refractivity contribution >= 4 is 17.8 Å². The lowest BCUT2D eigenvalue weighted by atomic mass is 9.95. The summed E-state index contributed by atoms with van der Waals surface area (Å²) in [4.78, 5) is 35.8. The summed E-state index contributed by atoms with van der Waals surface area (Å²) in [6.45, 7) is 11.9. The van der Waals surface area contributed by atoms with E-state index in [1.54, 1.807) is 41.5 Å². The van der Waals surface area contributed by atoms with Crippen LogP contribution in [0.5, 0.6) is 0 Å². The minimum atomic E-state index is -0.750. The van der Waals surface area contributed by atoms with Crippen LogP contribution in [0, 0.1) is 10.8 Å². The molecule has 0 unspecified atom stereocenters. The third kappa shape index (κ3) is 4.54. The number of ether oxygens (including phenoxy) is 4. The lowest BCUT2D eigenvalue weighted by Crippen LogP contribution is -2.57. The molecule has 1 N–H and O–H groups in total. The second-order valence-corrected chi connectivity index (χ2v) is 8.84. The van der Waals surface area contributed by atoms with Gasteiger partial charge in [-0.15, -0.1) is 0 Å². The van der Waals surface area contributed by atoms with Crippen molar-refractivity contribution < 1.29 is 33.3 Å². The second kappa shape index (κ2) is 7.15. The Labute approximate surface area is 153 Å². The van der Waals surface area contributed by atoms with E-state index >= 15 is 0 Å². The predicted molar refractivity (Wildman–Crippen MR) is 90.9 cm³/mol. The Morgan fingerprint density at radius 3 is 2.04 bits per heavy atom. The first kappa shape index (κ1) is 20.6. The van der Waals surface area contributed by atoms with E-state index in [9.17, 15) is 14.4 Å². The zero-order valence-corrected chi connectivity index (χ0v) is 16.5. The summed E-state index contributed by atoms with van der Waals surface area (Å²) in [5, 5.41) is 2.72. The van der Waals surface area contributed by atoms with Crippen molar-refractivity contribution in [3.63, 3.8) is 0 Å². The van der Waals surface area contributed by atoms with Gasteiger partial charge in [-0.2, -0.15) is 0 Å². The molecule has 2 aliphatic rings. The molecule has 148 valence electrons. The molecule has 0 aliphatic carbocycles. The molecule has 0 spiro atoms. The van der Waals surface area contributed by atoms with Gasteiger partial charge in [0.1, 0.15) is 24.9 Å². The standard InChI is InChI=1S/C18H29NO7/c1-9(20)19-11-13(26-16(22)18(5,6)7)12-10(24-14(11)25-12)8-23-15(21)17(2,3)4/h10-14H,8H2,1-7H3,(H,19,20)/t10-,11-,12+,13-,14+/m1/s1. The Bertz CT molecular complexity index is 573. The molecule has 0 aromatic heterocycles. The largest absolute Gasteiger partial charge is 0.462 e. The van der Waals surface area contributed by atoms with Crippen molar-refractivity contribution in [2.75, 3.05) is 6.61 Å². The topological polar surface area (TPSA) is 100 Å². The molecule has 0 radical (unpaired) electrons. The van der Waals surface area contributed by atoms with Crippen molar-refractivity contribution in [2.24, 2.45) is 10.8 Å². The van der Waals surface area contributed by atoms with Crippen LogP contribution in [0.1, 0.15) is 48.5 Å². The molecule has 2 rings (SSSR count). The lowest BCUT2D eigenvalue weighted by Gasteiger charge is -2.34. The van der Waals surface area contributed by atoms with Crippen molar-refractivity contribution in [1.82, 2.24) is 5.32 Å². The first-order valence-corrected chi connectivity index (χ1v) is 8.77. The Morgan fingerprint density at radius 2 is 1.54 bits per heavy atom. The summed E-state index contributed by atoms with van der Waals surface area (Å²) < 4.78 is 22.4. The van der Waals surface area contributed by atoms with E-state index in [1.165, 1.54) is 6.92 Å². The van der Waals surface area contributed by atoms with E-state index in [4.69, 9.17) is 18.9 Å². The Morgan fingerprint density at radius 1 is 0.962 bits per heavy atom. The van der Waals surface area contributed by atoms with Crippen LogP contribution in [-0.2, 0) is 33.3 Å². The van der Waals surface area contributed by atoms with Gasteiger partial charge in [0.2, 0.25) is 5.91 Å². The van der Waals surface area contributed by atoms with Gasteiger partial charge in [-0.1, -0.05) is 0 Å². The molecule has 2 bridgehead atoms. The van der Waals surface area contributed by atoms with E-state index in [0.717, 1.165) is 0 Å². The molecule has 0 aromatic carbocycles. The molecule has 1 amide bonds. The molecule has 2 aliphatic heterocycles. The molecule has 0 aromatic rings. The summed E-state index contributed by atoms with van der Waals surface area (Å²) in [6.07, 6.45) is -2.63. The number of nitrogens with one attached hydrogen (secondary N) is 1. The first-order chi connectivity index (χ1) is 11.8. The molecule has 2 fully saturated rings. The van der Waals surface area contributed by atoms with Gasteiger partial charge in [-0.05, 0) is 41.5 Å². The van der Waals surface area contributed by atoms with Crippen LogP contribution in [0.3, 0.4) is 0 Å². The Hall–Kier alpha value is -1.67. The fourth-order valence-electron chi connectivity index (χ4n) is 2.68. The maximum Gasteiger partial charge on any atom is 0.311 e. The number of hydrogen-bond donors (Lipinski definition) is 1. The number of esters is 2. The average Bonchev–Trinajstić information content (AvgIpc) is 3.01. The number of hydrogen-bond acceptors (Lipinski definition) is 7. The summed E-state index contributed by atoms with van der Waals surface area (Å²) >= 11 is 0. The van der Waals surface area contributed by atoms with Crippen molar-refractivity contribution in [2.45, 2.75) is 79.1 Å². The minimum Gasteiger partial charge on any atom is -0.462 e. The van der Waals surface area contributed by atoms with Crippen LogP contribution in [0.25, 0.3) is 0 Å². The lowest BCUT2D eigenvalue weighted by molar-refractivity contribution is -0.173.